The molecule has 0 rings (SSSR count). The molecular formula is C5H9Co3O-. The van der Waals surface area contributed by atoms with Crippen LogP contribution in [0.5, 0.6) is 0 Å². The van der Waals surface area contributed by atoms with E-state index in [1.807, 2.05) is 6.92 Å². The first kappa shape index (κ1) is 22.5. The van der Waals surface area contributed by atoms with Gasteiger partial charge in [0.1, 0.15) is 0 Å². The Morgan fingerprint density at radius 2 is 1.67 bits per heavy atom. The maximum Gasteiger partial charge on any atom is 0 e. The van der Waals surface area contributed by atoms with Gasteiger partial charge in [-0.15, -0.1) is 0 Å². The molecule has 0 saturated carbocycles. The first-order valence-corrected chi connectivity index (χ1v) is 2.12. The number of rotatable bonds is 2. The minimum atomic E-state index is 0. The van der Waals surface area contributed by atoms with Gasteiger partial charge in [0.25, 0.3) is 0 Å². The third-order valence-electron chi connectivity index (χ3n) is 0.529. The second kappa shape index (κ2) is 16.0. The van der Waals surface area contributed by atoms with E-state index in [0.717, 1.165) is 6.42 Å². The standard InChI is InChI=1S/C5H9O.3Co/c1-3-4-5(2)6;;;/h2-4H2,1H3;;;/q-1;;;. The van der Waals surface area contributed by atoms with Gasteiger partial charge in [-0.05, 0) is 12.2 Å². The molecule has 0 aliphatic heterocycles. The van der Waals surface area contributed by atoms with E-state index in [1.165, 1.54) is 0 Å². The molecule has 63 valence electrons. The van der Waals surface area contributed by atoms with Crippen molar-refractivity contribution in [2.75, 3.05) is 0 Å². The molecule has 0 amide bonds. The predicted molar refractivity (Wildman–Crippen MR) is 25.3 cm³/mol. The SMILES string of the molecule is [CH2-]C(=O)CCC.[Co].[Co].[Co]. The maximum atomic E-state index is 9.93. The van der Waals surface area contributed by atoms with E-state index in [-0.39, 0.29) is 56.1 Å². The van der Waals surface area contributed by atoms with Crippen LogP contribution < -0.4 is 0 Å². The van der Waals surface area contributed by atoms with Gasteiger partial charge >= 0.3 is 0 Å². The quantitative estimate of drug-likeness (QED) is 0.683. The number of Topliss-reactive ketones (excluding diaryl/α,β-unsaturated/α-hetero) is 1. The zero-order chi connectivity index (χ0) is 4.99. The van der Waals surface area contributed by atoms with Gasteiger partial charge in [-0.2, -0.15) is 0 Å². The third kappa shape index (κ3) is 27.4. The fourth-order valence-corrected chi connectivity index (χ4v) is 0.279. The molecule has 0 aromatic heterocycles. The molecule has 0 spiro atoms. The summed E-state index contributed by atoms with van der Waals surface area (Å²) in [6, 6.07) is 0. The van der Waals surface area contributed by atoms with E-state index in [9.17, 15) is 4.79 Å². The molecule has 0 aromatic rings. The molecule has 3 radical (unpaired) electrons. The van der Waals surface area contributed by atoms with Crippen LogP contribution in [-0.2, 0) is 55.1 Å². The number of carbonyl (C=O) groups is 1. The molecule has 0 aliphatic carbocycles. The van der Waals surface area contributed by atoms with Crippen molar-refractivity contribution in [3.05, 3.63) is 6.92 Å². The third-order valence-corrected chi connectivity index (χ3v) is 0.529. The summed E-state index contributed by atoms with van der Waals surface area (Å²) >= 11 is 0. The van der Waals surface area contributed by atoms with Gasteiger partial charge in [0, 0.05) is 50.3 Å². The molecular weight excluding hydrogens is 253 g/mol. The van der Waals surface area contributed by atoms with Crippen LogP contribution in [-0.4, -0.2) is 5.78 Å². The van der Waals surface area contributed by atoms with E-state index in [4.69, 9.17) is 0 Å². The first-order valence-electron chi connectivity index (χ1n) is 2.12. The van der Waals surface area contributed by atoms with Crippen molar-refractivity contribution in [2.24, 2.45) is 0 Å². The van der Waals surface area contributed by atoms with Gasteiger partial charge in [-0.25, -0.2) is 0 Å². The second-order valence-corrected chi connectivity index (χ2v) is 1.29. The van der Waals surface area contributed by atoms with E-state index in [2.05, 4.69) is 6.92 Å². The summed E-state index contributed by atoms with van der Waals surface area (Å²) in [6.07, 6.45) is 1.54. The summed E-state index contributed by atoms with van der Waals surface area (Å²) in [5, 5.41) is 0. The molecule has 0 heterocycles. The largest absolute Gasteiger partial charge is 0.339 e. The summed E-state index contributed by atoms with van der Waals surface area (Å²) in [5.74, 6) is 0.0394. The van der Waals surface area contributed by atoms with E-state index in [1.54, 1.807) is 0 Å². The minimum absolute atomic E-state index is 0. The van der Waals surface area contributed by atoms with Crippen molar-refractivity contribution in [1.82, 2.24) is 0 Å². The van der Waals surface area contributed by atoms with Gasteiger partial charge < -0.3 is 11.7 Å². The maximum absolute atomic E-state index is 9.93. The molecule has 0 bridgehead atoms. The van der Waals surface area contributed by atoms with Gasteiger partial charge in [0.05, 0.1) is 0 Å². The Morgan fingerprint density at radius 1 is 1.33 bits per heavy atom. The Balaban J connectivity index is -0.0000000417. The molecule has 0 saturated heterocycles. The van der Waals surface area contributed by atoms with Crippen molar-refractivity contribution in [2.45, 2.75) is 19.8 Å². The zero-order valence-corrected chi connectivity index (χ0v) is 8.15. The molecule has 0 N–H and O–H groups in total. The van der Waals surface area contributed by atoms with Crippen LogP contribution in [0.3, 0.4) is 0 Å². The van der Waals surface area contributed by atoms with Crippen LogP contribution in [0.2, 0.25) is 0 Å². The number of hydrogen-bond donors (Lipinski definition) is 0. The van der Waals surface area contributed by atoms with Crippen molar-refractivity contribution in [3.8, 4) is 0 Å². The van der Waals surface area contributed by atoms with Crippen LogP contribution in [0.25, 0.3) is 0 Å². The van der Waals surface area contributed by atoms with Crippen LogP contribution in [0.1, 0.15) is 19.8 Å². The molecule has 1 nitrogen and oxygen atoms in total. The Morgan fingerprint density at radius 3 is 1.67 bits per heavy atom. The Hall–Kier alpha value is 1.06. The number of carbonyl (C=O) groups excluding carboxylic acids is 1. The molecule has 0 atom stereocenters. The van der Waals surface area contributed by atoms with Gasteiger partial charge in [0.15, 0.2) is 0 Å². The second-order valence-electron chi connectivity index (χ2n) is 1.29. The fraction of sp³-hybridized carbons (Fsp3) is 0.600. The predicted octanol–water partition coefficient (Wildman–Crippen LogP) is 1.18. The van der Waals surface area contributed by atoms with Gasteiger partial charge in [-0.1, -0.05) is 13.3 Å². The normalized spacial score (nSPS) is 5.44. The summed E-state index contributed by atoms with van der Waals surface area (Å²) in [6.45, 7) is 5.15. The molecule has 0 unspecified atom stereocenters. The van der Waals surface area contributed by atoms with Crippen molar-refractivity contribution in [3.63, 3.8) is 0 Å². The molecule has 0 aromatic carbocycles. The van der Waals surface area contributed by atoms with E-state index >= 15 is 0 Å². The summed E-state index contributed by atoms with van der Waals surface area (Å²) in [5.41, 5.74) is 0. The van der Waals surface area contributed by atoms with Crippen molar-refractivity contribution in [1.29, 1.82) is 0 Å². The summed E-state index contributed by atoms with van der Waals surface area (Å²) in [4.78, 5) is 9.93. The Labute approximate surface area is 87.3 Å². The summed E-state index contributed by atoms with van der Waals surface area (Å²) < 4.78 is 0. The topological polar surface area (TPSA) is 17.1 Å². The van der Waals surface area contributed by atoms with Gasteiger partial charge in [-0.3, -0.25) is 0 Å². The van der Waals surface area contributed by atoms with Crippen LogP contribution in [0.15, 0.2) is 0 Å². The molecule has 9 heavy (non-hydrogen) atoms. The van der Waals surface area contributed by atoms with Crippen molar-refractivity contribution < 1.29 is 55.1 Å². The molecule has 0 fully saturated rings. The number of ketones is 1. The minimum Gasteiger partial charge on any atom is -0.339 e. The zero-order valence-electron chi connectivity index (χ0n) is 5.03. The Bertz CT molecular complexity index is 56.2. The smallest absolute Gasteiger partial charge is 0 e. The van der Waals surface area contributed by atoms with Crippen molar-refractivity contribution >= 4 is 5.78 Å². The fourth-order valence-electron chi connectivity index (χ4n) is 0.279. The van der Waals surface area contributed by atoms with Crippen LogP contribution in [0.4, 0.5) is 0 Å². The average Bonchev–Trinajstić information content (AvgIpc) is 1.35. The number of hydrogen-bond acceptors (Lipinski definition) is 1. The first-order chi connectivity index (χ1) is 2.77. The Kier molecular flexibility index (Phi) is 40.0. The summed E-state index contributed by atoms with van der Waals surface area (Å²) in [7, 11) is 0. The van der Waals surface area contributed by atoms with Crippen LogP contribution in [0, 0.1) is 6.92 Å². The molecule has 0 aliphatic rings. The van der Waals surface area contributed by atoms with E-state index < -0.39 is 0 Å². The van der Waals surface area contributed by atoms with Gasteiger partial charge in [0.2, 0.25) is 0 Å². The monoisotopic (exact) mass is 262 g/mol. The van der Waals surface area contributed by atoms with E-state index in [0.29, 0.717) is 6.42 Å². The van der Waals surface area contributed by atoms with Crippen LogP contribution >= 0.6 is 0 Å². The molecule has 4 heteroatoms. The average molecular weight is 262 g/mol.